The van der Waals surface area contributed by atoms with E-state index in [4.69, 9.17) is 0 Å². The van der Waals surface area contributed by atoms with E-state index in [9.17, 15) is 10.1 Å². The molecule has 0 radical (unpaired) electrons. The van der Waals surface area contributed by atoms with Gasteiger partial charge in [-0.2, -0.15) is 5.26 Å². The smallest absolute Gasteiger partial charge is 0.231 e. The molecule has 1 aromatic carbocycles. The van der Waals surface area contributed by atoms with Gasteiger partial charge in [0, 0.05) is 4.90 Å². The third-order valence-electron chi connectivity index (χ3n) is 4.20. The molecule has 1 atom stereocenters. The second-order valence-corrected chi connectivity index (χ2v) is 8.55. The van der Waals surface area contributed by atoms with Crippen LogP contribution >= 0.6 is 11.8 Å². The Balaban J connectivity index is 2.79. The minimum atomic E-state index is -0.819. The van der Waals surface area contributed by atoms with Crippen LogP contribution in [0.25, 0.3) is 0 Å². The van der Waals surface area contributed by atoms with Crippen molar-refractivity contribution in [2.45, 2.75) is 64.3 Å². The summed E-state index contributed by atoms with van der Waals surface area (Å²) in [5.74, 6) is 0.277. The number of nitrogens with zero attached hydrogens (tertiary/aromatic N) is 1. The number of thioether (sulfide) groups is 1. The predicted octanol–water partition coefficient (Wildman–Crippen LogP) is 4.44. The van der Waals surface area contributed by atoms with Crippen LogP contribution in [0, 0.1) is 24.2 Å². The molecule has 3 nitrogen and oxygen atoms in total. The molecule has 1 rings (SSSR count). The van der Waals surface area contributed by atoms with Crippen molar-refractivity contribution in [1.29, 1.82) is 5.26 Å². The zero-order valence-electron chi connectivity index (χ0n) is 15.3. The van der Waals surface area contributed by atoms with Crippen molar-refractivity contribution in [3.8, 4) is 6.07 Å². The van der Waals surface area contributed by atoms with E-state index in [2.05, 4.69) is 57.3 Å². The number of rotatable bonds is 5. The molecule has 0 saturated heterocycles. The van der Waals surface area contributed by atoms with Crippen LogP contribution in [0.3, 0.4) is 0 Å². The maximum Gasteiger partial charge on any atom is 0.231 e. The maximum atomic E-state index is 12.2. The molecule has 1 aromatic rings. The average Bonchev–Trinajstić information content (AvgIpc) is 2.44. The first-order valence-corrected chi connectivity index (χ1v) is 8.94. The summed E-state index contributed by atoms with van der Waals surface area (Å²) in [6.45, 7) is 14.2. The Morgan fingerprint density at radius 2 is 1.91 bits per heavy atom. The minimum Gasteiger partial charge on any atom is -0.337 e. The highest BCUT2D eigenvalue weighted by Crippen LogP contribution is 2.29. The summed E-state index contributed by atoms with van der Waals surface area (Å²) in [6, 6.07) is 8.62. The molecule has 1 amide bonds. The van der Waals surface area contributed by atoms with E-state index in [-0.39, 0.29) is 17.2 Å². The van der Waals surface area contributed by atoms with E-state index in [0.717, 1.165) is 4.90 Å². The quantitative estimate of drug-likeness (QED) is 0.811. The van der Waals surface area contributed by atoms with Gasteiger partial charge in [0.2, 0.25) is 5.91 Å². The lowest BCUT2D eigenvalue weighted by atomic mass is 9.87. The molecule has 0 spiro atoms. The number of nitrogens with one attached hydrogen (secondary N) is 1. The SMILES string of the molecule is Cc1ccc(C(C)(C)C)cc1SCC(=O)N[C@](C)(C#N)C(C)C. The normalized spacial score (nSPS) is 14.2. The first-order valence-electron chi connectivity index (χ1n) is 7.96. The molecule has 4 heteroatoms. The molecular formula is C19H28N2OS. The summed E-state index contributed by atoms with van der Waals surface area (Å²) in [4.78, 5) is 13.3. The van der Waals surface area contributed by atoms with Crippen LogP contribution < -0.4 is 5.32 Å². The van der Waals surface area contributed by atoms with Gasteiger partial charge in [0.05, 0.1) is 11.8 Å². The van der Waals surface area contributed by atoms with Gasteiger partial charge in [-0.15, -0.1) is 11.8 Å². The van der Waals surface area contributed by atoms with Gasteiger partial charge in [-0.3, -0.25) is 4.79 Å². The minimum absolute atomic E-state index is 0.0624. The van der Waals surface area contributed by atoms with Crippen LogP contribution in [-0.2, 0) is 10.2 Å². The van der Waals surface area contributed by atoms with Crippen molar-refractivity contribution in [2.75, 3.05) is 5.75 Å². The molecule has 0 bridgehead atoms. The Hall–Kier alpha value is -1.47. The number of carbonyl (C=O) groups excluding carboxylic acids is 1. The Bertz CT molecular complexity index is 611. The van der Waals surface area contributed by atoms with Crippen molar-refractivity contribution in [3.63, 3.8) is 0 Å². The highest BCUT2D eigenvalue weighted by atomic mass is 32.2. The van der Waals surface area contributed by atoms with Crippen LogP contribution in [0.15, 0.2) is 23.1 Å². The Morgan fingerprint density at radius 1 is 1.30 bits per heavy atom. The molecule has 0 heterocycles. The Morgan fingerprint density at radius 3 is 2.39 bits per heavy atom. The summed E-state index contributed by atoms with van der Waals surface area (Å²) in [7, 11) is 0. The standard InChI is InChI=1S/C19H28N2OS/c1-13(2)19(7,12-20)21-17(22)11-23-16-10-15(18(4,5)6)9-8-14(16)3/h8-10,13H,11H2,1-7H3,(H,21,22)/t19-/m1/s1. The van der Waals surface area contributed by atoms with E-state index >= 15 is 0 Å². The predicted molar refractivity (Wildman–Crippen MR) is 97.6 cm³/mol. The molecule has 0 aromatic heterocycles. The van der Waals surface area contributed by atoms with Crippen molar-refractivity contribution < 1.29 is 4.79 Å². The van der Waals surface area contributed by atoms with Crippen molar-refractivity contribution in [3.05, 3.63) is 29.3 Å². The van der Waals surface area contributed by atoms with Gasteiger partial charge in [0.15, 0.2) is 0 Å². The number of carbonyl (C=O) groups is 1. The lowest BCUT2D eigenvalue weighted by Crippen LogP contribution is -2.49. The topological polar surface area (TPSA) is 52.9 Å². The molecule has 1 N–H and O–H groups in total. The molecule has 0 aliphatic heterocycles. The average molecular weight is 333 g/mol. The summed E-state index contributed by atoms with van der Waals surface area (Å²) >= 11 is 1.53. The lowest BCUT2D eigenvalue weighted by Gasteiger charge is -2.27. The third kappa shape index (κ3) is 5.28. The number of amides is 1. The number of hydrogen-bond acceptors (Lipinski definition) is 3. The zero-order valence-corrected chi connectivity index (χ0v) is 16.1. The molecule has 0 fully saturated rings. The highest BCUT2D eigenvalue weighted by Gasteiger charge is 2.29. The highest BCUT2D eigenvalue weighted by molar-refractivity contribution is 8.00. The second kappa shape index (κ2) is 7.40. The van der Waals surface area contributed by atoms with E-state index in [0.29, 0.717) is 5.75 Å². The monoisotopic (exact) mass is 332 g/mol. The van der Waals surface area contributed by atoms with Gasteiger partial charge >= 0.3 is 0 Å². The van der Waals surface area contributed by atoms with Crippen LogP contribution in [0.2, 0.25) is 0 Å². The summed E-state index contributed by atoms with van der Waals surface area (Å²) < 4.78 is 0. The van der Waals surface area contributed by atoms with E-state index in [1.54, 1.807) is 6.92 Å². The van der Waals surface area contributed by atoms with Gasteiger partial charge < -0.3 is 5.32 Å². The van der Waals surface area contributed by atoms with Gasteiger partial charge in [-0.1, -0.05) is 46.8 Å². The molecule has 0 unspecified atom stereocenters. The lowest BCUT2D eigenvalue weighted by molar-refractivity contribution is -0.120. The number of benzene rings is 1. The first-order chi connectivity index (χ1) is 10.5. The van der Waals surface area contributed by atoms with Crippen molar-refractivity contribution in [1.82, 2.24) is 5.32 Å². The summed E-state index contributed by atoms with van der Waals surface area (Å²) in [5.41, 5.74) is 1.69. The maximum absolute atomic E-state index is 12.2. The van der Waals surface area contributed by atoms with Gasteiger partial charge in [-0.25, -0.2) is 0 Å². The third-order valence-corrected chi connectivity index (χ3v) is 5.36. The zero-order chi connectivity index (χ0) is 17.8. The molecule has 23 heavy (non-hydrogen) atoms. The molecule has 0 saturated carbocycles. The largest absolute Gasteiger partial charge is 0.337 e. The molecule has 126 valence electrons. The van der Waals surface area contributed by atoms with Crippen molar-refractivity contribution in [2.24, 2.45) is 5.92 Å². The number of hydrogen-bond donors (Lipinski definition) is 1. The fourth-order valence-corrected chi connectivity index (χ4v) is 2.86. The molecule has 0 aliphatic carbocycles. The molecule has 0 aliphatic rings. The first kappa shape index (κ1) is 19.6. The van der Waals surface area contributed by atoms with Gasteiger partial charge in [0.25, 0.3) is 0 Å². The fourth-order valence-electron chi connectivity index (χ4n) is 1.99. The van der Waals surface area contributed by atoms with Gasteiger partial charge in [-0.05, 0) is 42.4 Å². The summed E-state index contributed by atoms with van der Waals surface area (Å²) in [5, 5.41) is 12.1. The second-order valence-electron chi connectivity index (χ2n) is 7.54. The van der Waals surface area contributed by atoms with Crippen LogP contribution in [0.4, 0.5) is 0 Å². The fraction of sp³-hybridized carbons (Fsp3) is 0.579. The van der Waals surface area contributed by atoms with Crippen LogP contribution in [0.5, 0.6) is 0 Å². The van der Waals surface area contributed by atoms with E-state index in [1.807, 2.05) is 13.8 Å². The number of aryl methyl sites for hydroxylation is 1. The molecular weight excluding hydrogens is 304 g/mol. The van der Waals surface area contributed by atoms with E-state index < -0.39 is 5.54 Å². The Kier molecular flexibility index (Phi) is 6.30. The number of nitriles is 1. The van der Waals surface area contributed by atoms with Gasteiger partial charge in [0.1, 0.15) is 5.54 Å². The van der Waals surface area contributed by atoms with Crippen LogP contribution in [-0.4, -0.2) is 17.2 Å². The Labute approximate surface area is 144 Å². The van der Waals surface area contributed by atoms with Crippen LogP contribution in [0.1, 0.15) is 52.7 Å². The van der Waals surface area contributed by atoms with E-state index in [1.165, 1.54) is 22.9 Å². The summed E-state index contributed by atoms with van der Waals surface area (Å²) in [6.07, 6.45) is 0. The van der Waals surface area contributed by atoms with Crippen molar-refractivity contribution >= 4 is 17.7 Å².